The Bertz CT molecular complexity index is 436. The standard InChI is InChI=1S/C8H6BrClN2/c1-5-3-2-4-12-6(5)7(10)11-8(12)9/h2-4H,1H3. The maximum Gasteiger partial charge on any atom is 0.183 e. The lowest BCUT2D eigenvalue weighted by atomic mass is 10.3. The van der Waals surface area contributed by atoms with Crippen LogP contribution in [0.25, 0.3) is 5.52 Å². The summed E-state index contributed by atoms with van der Waals surface area (Å²) < 4.78 is 2.66. The van der Waals surface area contributed by atoms with Crippen molar-refractivity contribution in [1.82, 2.24) is 9.38 Å². The molecule has 0 spiro atoms. The zero-order chi connectivity index (χ0) is 8.72. The van der Waals surface area contributed by atoms with E-state index in [-0.39, 0.29) is 0 Å². The van der Waals surface area contributed by atoms with Gasteiger partial charge in [-0.25, -0.2) is 4.98 Å². The smallest absolute Gasteiger partial charge is 0.183 e. The van der Waals surface area contributed by atoms with Crippen molar-refractivity contribution in [2.24, 2.45) is 0 Å². The van der Waals surface area contributed by atoms with Crippen LogP contribution in [0.3, 0.4) is 0 Å². The van der Waals surface area contributed by atoms with Crippen LogP contribution in [0.1, 0.15) is 5.56 Å². The van der Waals surface area contributed by atoms with Crippen LogP contribution in [0.4, 0.5) is 0 Å². The van der Waals surface area contributed by atoms with Crippen molar-refractivity contribution in [3.05, 3.63) is 33.8 Å². The molecule has 0 aliphatic heterocycles. The van der Waals surface area contributed by atoms with E-state index in [0.29, 0.717) is 5.15 Å². The van der Waals surface area contributed by atoms with Crippen molar-refractivity contribution in [2.75, 3.05) is 0 Å². The molecule has 0 saturated heterocycles. The van der Waals surface area contributed by atoms with Gasteiger partial charge in [0.25, 0.3) is 0 Å². The molecule has 2 rings (SSSR count). The third-order valence-corrected chi connectivity index (χ3v) is 2.60. The number of rotatable bonds is 0. The van der Waals surface area contributed by atoms with Crippen molar-refractivity contribution in [1.29, 1.82) is 0 Å². The molecule has 12 heavy (non-hydrogen) atoms. The number of hydrogen-bond donors (Lipinski definition) is 0. The fourth-order valence-electron chi connectivity index (χ4n) is 1.22. The lowest BCUT2D eigenvalue weighted by Crippen LogP contribution is -1.85. The molecule has 0 aromatic carbocycles. The van der Waals surface area contributed by atoms with Gasteiger partial charge in [0, 0.05) is 6.20 Å². The van der Waals surface area contributed by atoms with Gasteiger partial charge in [0.05, 0.1) is 5.52 Å². The van der Waals surface area contributed by atoms with E-state index in [9.17, 15) is 0 Å². The van der Waals surface area contributed by atoms with Crippen LogP contribution in [-0.4, -0.2) is 9.38 Å². The lowest BCUT2D eigenvalue weighted by Gasteiger charge is -1.97. The third kappa shape index (κ3) is 1.04. The highest BCUT2D eigenvalue weighted by molar-refractivity contribution is 9.10. The highest BCUT2D eigenvalue weighted by Gasteiger charge is 2.07. The Balaban J connectivity index is 2.99. The van der Waals surface area contributed by atoms with Gasteiger partial charge < -0.3 is 0 Å². The molecule has 0 fully saturated rings. The second kappa shape index (κ2) is 2.75. The predicted octanol–water partition coefficient (Wildman–Crippen LogP) is 3.06. The van der Waals surface area contributed by atoms with Crippen LogP contribution >= 0.6 is 27.5 Å². The molecule has 0 amide bonds. The molecule has 2 aromatic heterocycles. The lowest BCUT2D eigenvalue weighted by molar-refractivity contribution is 1.09. The maximum absolute atomic E-state index is 5.92. The van der Waals surface area contributed by atoms with E-state index < -0.39 is 0 Å². The van der Waals surface area contributed by atoms with Crippen molar-refractivity contribution in [2.45, 2.75) is 6.92 Å². The molecule has 0 aliphatic carbocycles. The number of aryl methyl sites for hydroxylation is 1. The summed E-state index contributed by atoms with van der Waals surface area (Å²) in [5.74, 6) is 0. The molecule has 0 bridgehead atoms. The minimum absolute atomic E-state index is 0.542. The van der Waals surface area contributed by atoms with Crippen LogP contribution in [0, 0.1) is 6.92 Å². The van der Waals surface area contributed by atoms with E-state index in [1.165, 1.54) is 0 Å². The Labute approximate surface area is 83.3 Å². The Morgan fingerprint density at radius 2 is 2.33 bits per heavy atom. The van der Waals surface area contributed by atoms with Crippen molar-refractivity contribution in [3.63, 3.8) is 0 Å². The summed E-state index contributed by atoms with van der Waals surface area (Å²) in [5.41, 5.74) is 2.09. The first-order valence-corrected chi connectivity index (χ1v) is 4.66. The zero-order valence-corrected chi connectivity index (χ0v) is 8.72. The first kappa shape index (κ1) is 8.08. The Morgan fingerprint density at radius 3 is 3.00 bits per heavy atom. The normalized spacial score (nSPS) is 10.9. The molecule has 2 heterocycles. The summed E-state index contributed by atoms with van der Waals surface area (Å²) >= 11 is 9.24. The van der Waals surface area contributed by atoms with Crippen molar-refractivity contribution < 1.29 is 0 Å². The van der Waals surface area contributed by atoms with Gasteiger partial charge in [-0.15, -0.1) is 0 Å². The van der Waals surface area contributed by atoms with Crippen LogP contribution in [0.2, 0.25) is 5.15 Å². The van der Waals surface area contributed by atoms with Crippen molar-refractivity contribution >= 4 is 33.0 Å². The Kier molecular flexibility index (Phi) is 1.85. The van der Waals surface area contributed by atoms with Crippen LogP contribution in [0.15, 0.2) is 23.1 Å². The van der Waals surface area contributed by atoms with E-state index in [1.807, 2.05) is 29.7 Å². The largest absolute Gasteiger partial charge is 0.293 e. The average molecular weight is 246 g/mol. The van der Waals surface area contributed by atoms with Gasteiger partial charge in [0.2, 0.25) is 0 Å². The molecule has 4 heteroatoms. The van der Waals surface area contributed by atoms with E-state index in [0.717, 1.165) is 15.8 Å². The minimum Gasteiger partial charge on any atom is -0.293 e. The Morgan fingerprint density at radius 1 is 1.58 bits per heavy atom. The van der Waals surface area contributed by atoms with E-state index in [1.54, 1.807) is 0 Å². The van der Waals surface area contributed by atoms with Gasteiger partial charge in [-0.1, -0.05) is 17.7 Å². The molecule has 0 unspecified atom stereocenters. The van der Waals surface area contributed by atoms with E-state index >= 15 is 0 Å². The van der Waals surface area contributed by atoms with Gasteiger partial charge >= 0.3 is 0 Å². The SMILES string of the molecule is Cc1cccn2c(Br)nc(Cl)c12. The molecule has 0 radical (unpaired) electrons. The summed E-state index contributed by atoms with van der Waals surface area (Å²) in [6.07, 6.45) is 1.92. The number of halogens is 2. The second-order valence-electron chi connectivity index (χ2n) is 2.58. The molecule has 0 atom stereocenters. The van der Waals surface area contributed by atoms with Gasteiger partial charge in [-0.2, -0.15) is 0 Å². The quantitative estimate of drug-likeness (QED) is 0.697. The average Bonchev–Trinajstić information content (AvgIpc) is 2.29. The Hall–Kier alpha value is -0.540. The number of hydrogen-bond acceptors (Lipinski definition) is 1. The topological polar surface area (TPSA) is 17.3 Å². The third-order valence-electron chi connectivity index (χ3n) is 1.78. The van der Waals surface area contributed by atoms with Gasteiger partial charge in [-0.3, -0.25) is 4.40 Å². The molecular weight excluding hydrogens is 239 g/mol. The van der Waals surface area contributed by atoms with Gasteiger partial charge in [0.1, 0.15) is 0 Å². The van der Waals surface area contributed by atoms with Gasteiger partial charge in [0.15, 0.2) is 9.89 Å². The van der Waals surface area contributed by atoms with Crippen molar-refractivity contribution in [3.8, 4) is 0 Å². The van der Waals surface area contributed by atoms with Crippen LogP contribution < -0.4 is 0 Å². The first-order valence-electron chi connectivity index (χ1n) is 3.49. The summed E-state index contributed by atoms with van der Waals surface area (Å²) in [6, 6.07) is 3.97. The minimum atomic E-state index is 0.542. The highest BCUT2D eigenvalue weighted by atomic mass is 79.9. The molecule has 0 aliphatic rings. The summed E-state index contributed by atoms with van der Waals surface area (Å²) in [7, 11) is 0. The molecule has 0 N–H and O–H groups in total. The summed E-state index contributed by atoms with van der Waals surface area (Å²) in [5, 5.41) is 0.542. The monoisotopic (exact) mass is 244 g/mol. The number of pyridine rings is 1. The van der Waals surface area contributed by atoms with E-state index in [2.05, 4.69) is 20.9 Å². The number of aromatic nitrogens is 2. The molecule has 2 aromatic rings. The molecule has 62 valence electrons. The number of fused-ring (bicyclic) bond motifs is 1. The zero-order valence-electron chi connectivity index (χ0n) is 6.38. The number of nitrogens with zero attached hydrogens (tertiary/aromatic N) is 2. The molecule has 0 saturated carbocycles. The first-order chi connectivity index (χ1) is 5.70. The predicted molar refractivity (Wildman–Crippen MR) is 52.6 cm³/mol. The highest BCUT2D eigenvalue weighted by Crippen LogP contribution is 2.23. The van der Waals surface area contributed by atoms with Crippen LogP contribution in [-0.2, 0) is 0 Å². The summed E-state index contributed by atoms with van der Waals surface area (Å²) in [6.45, 7) is 2.01. The molecule has 2 nitrogen and oxygen atoms in total. The van der Waals surface area contributed by atoms with E-state index in [4.69, 9.17) is 11.6 Å². The molecular formula is C8H6BrClN2. The second-order valence-corrected chi connectivity index (χ2v) is 3.65. The van der Waals surface area contributed by atoms with Crippen LogP contribution in [0.5, 0.6) is 0 Å². The fraction of sp³-hybridized carbons (Fsp3) is 0.125. The summed E-state index contributed by atoms with van der Waals surface area (Å²) in [4.78, 5) is 4.10. The fourth-order valence-corrected chi connectivity index (χ4v) is 2.12. The number of imidazole rings is 1. The van der Waals surface area contributed by atoms with Gasteiger partial charge in [-0.05, 0) is 34.5 Å². The maximum atomic E-state index is 5.92.